The lowest BCUT2D eigenvalue weighted by Gasteiger charge is -2.32. The third kappa shape index (κ3) is 4.37. The predicted octanol–water partition coefficient (Wildman–Crippen LogP) is 0.738. The zero-order chi connectivity index (χ0) is 12.1. The van der Waals surface area contributed by atoms with Gasteiger partial charge >= 0.3 is 0 Å². The van der Waals surface area contributed by atoms with Crippen molar-refractivity contribution in [2.24, 2.45) is 0 Å². The Kier molecular flexibility index (Phi) is 4.94. The molecule has 3 N–H and O–H groups in total. The Hall–Kier alpha value is -0.460. The largest absolute Gasteiger partial charge is 0.393 e. The highest BCUT2D eigenvalue weighted by Gasteiger charge is 2.26. The quantitative estimate of drug-likeness (QED) is 0.674. The van der Waals surface area contributed by atoms with Gasteiger partial charge in [0.25, 0.3) is 0 Å². The highest BCUT2D eigenvalue weighted by Crippen LogP contribution is 2.19. The summed E-state index contributed by atoms with van der Waals surface area (Å²) in [5.74, 6) is 0. The van der Waals surface area contributed by atoms with Crippen LogP contribution in [-0.4, -0.2) is 41.6 Å². The number of hydrogen-bond donors (Lipinski definition) is 3. The normalized spacial score (nSPS) is 25.5. The maximum atomic E-state index is 9.67. The third-order valence-corrected chi connectivity index (χ3v) is 3.74. The van der Waals surface area contributed by atoms with Gasteiger partial charge in [-0.1, -0.05) is 6.07 Å². The van der Waals surface area contributed by atoms with Crippen molar-refractivity contribution in [2.75, 3.05) is 13.2 Å². The number of ether oxygens (including phenoxy) is 1. The fraction of sp³-hybridized carbons (Fsp3) is 0.667. The minimum atomic E-state index is -0.479. The Morgan fingerprint density at radius 3 is 3.00 bits per heavy atom. The Bertz CT molecular complexity index is 312. The number of rotatable bonds is 7. The molecule has 1 aromatic rings. The monoisotopic (exact) mass is 257 g/mol. The molecule has 0 saturated heterocycles. The average Bonchev–Trinajstić information content (AvgIpc) is 2.76. The van der Waals surface area contributed by atoms with Crippen molar-refractivity contribution in [3.8, 4) is 0 Å². The zero-order valence-electron chi connectivity index (χ0n) is 9.71. The molecule has 5 heteroatoms. The fourth-order valence-corrected chi connectivity index (χ4v) is 2.45. The molecule has 0 aromatic carbocycles. The molecule has 1 aromatic heterocycles. The first-order valence-corrected chi connectivity index (χ1v) is 6.81. The molecule has 2 rings (SSSR count). The molecule has 1 unspecified atom stereocenters. The lowest BCUT2D eigenvalue weighted by atomic mass is 9.89. The van der Waals surface area contributed by atoms with Crippen LogP contribution in [0.2, 0.25) is 0 Å². The van der Waals surface area contributed by atoms with Gasteiger partial charge in [-0.2, -0.15) is 0 Å². The van der Waals surface area contributed by atoms with Crippen LogP contribution in [0.5, 0.6) is 0 Å². The van der Waals surface area contributed by atoms with Crippen molar-refractivity contribution >= 4 is 11.3 Å². The van der Waals surface area contributed by atoms with Gasteiger partial charge in [-0.05, 0) is 24.3 Å². The van der Waals surface area contributed by atoms with E-state index < -0.39 is 6.10 Å². The molecule has 1 atom stereocenters. The molecule has 17 heavy (non-hydrogen) atoms. The highest BCUT2D eigenvalue weighted by molar-refractivity contribution is 7.09. The van der Waals surface area contributed by atoms with Gasteiger partial charge in [0.1, 0.15) is 0 Å². The number of thiophene rings is 1. The van der Waals surface area contributed by atoms with E-state index in [0.29, 0.717) is 25.8 Å². The lowest BCUT2D eigenvalue weighted by Crippen LogP contribution is -2.47. The Labute approximate surface area is 105 Å². The molecule has 1 aliphatic rings. The van der Waals surface area contributed by atoms with Crippen molar-refractivity contribution in [3.05, 3.63) is 22.4 Å². The van der Waals surface area contributed by atoms with E-state index in [9.17, 15) is 5.11 Å². The molecule has 96 valence electrons. The second-order valence-corrected chi connectivity index (χ2v) is 5.51. The summed E-state index contributed by atoms with van der Waals surface area (Å²) in [6.07, 6.45) is 0.957. The minimum absolute atomic E-state index is 0.153. The van der Waals surface area contributed by atoms with E-state index in [0.717, 1.165) is 12.8 Å². The summed E-state index contributed by atoms with van der Waals surface area (Å²) >= 11 is 1.66. The average molecular weight is 257 g/mol. The molecule has 1 fully saturated rings. The van der Waals surface area contributed by atoms with Gasteiger partial charge in [0.2, 0.25) is 0 Å². The van der Waals surface area contributed by atoms with Gasteiger partial charge in [0.05, 0.1) is 25.4 Å². The number of aliphatic hydroxyl groups is 2. The molecular formula is C12H19NO3S. The van der Waals surface area contributed by atoms with Crippen LogP contribution in [0.3, 0.4) is 0 Å². The van der Waals surface area contributed by atoms with E-state index >= 15 is 0 Å². The van der Waals surface area contributed by atoms with E-state index in [1.807, 2.05) is 17.5 Å². The van der Waals surface area contributed by atoms with Gasteiger partial charge in [-0.3, -0.25) is 0 Å². The summed E-state index contributed by atoms with van der Waals surface area (Å²) in [4.78, 5) is 1.17. The van der Waals surface area contributed by atoms with Crippen LogP contribution >= 0.6 is 11.3 Å². The van der Waals surface area contributed by atoms with Gasteiger partial charge < -0.3 is 20.3 Å². The lowest BCUT2D eigenvalue weighted by molar-refractivity contribution is 0.0179. The van der Waals surface area contributed by atoms with E-state index in [4.69, 9.17) is 9.84 Å². The SMILES string of the molecule is OC(CNC1CC(O)C1)COCc1cccs1. The summed E-state index contributed by atoms with van der Waals surface area (Å²) in [5.41, 5.74) is 0. The van der Waals surface area contributed by atoms with Crippen LogP contribution in [0.4, 0.5) is 0 Å². The number of aliphatic hydroxyl groups excluding tert-OH is 2. The fourth-order valence-electron chi connectivity index (χ4n) is 1.81. The topological polar surface area (TPSA) is 61.7 Å². The molecule has 1 saturated carbocycles. The van der Waals surface area contributed by atoms with E-state index in [1.54, 1.807) is 11.3 Å². The van der Waals surface area contributed by atoms with E-state index in [2.05, 4.69) is 5.32 Å². The molecule has 0 aliphatic heterocycles. The van der Waals surface area contributed by atoms with E-state index in [1.165, 1.54) is 4.88 Å². The van der Waals surface area contributed by atoms with Crippen molar-refractivity contribution in [3.63, 3.8) is 0 Å². The van der Waals surface area contributed by atoms with Crippen LogP contribution < -0.4 is 5.32 Å². The maximum absolute atomic E-state index is 9.67. The number of nitrogens with one attached hydrogen (secondary N) is 1. The molecule has 0 radical (unpaired) electrons. The predicted molar refractivity (Wildman–Crippen MR) is 67.0 cm³/mol. The molecule has 1 heterocycles. The standard InChI is InChI=1S/C12H19NO3S/c14-10-4-9(5-10)13-6-11(15)7-16-8-12-2-1-3-17-12/h1-3,9-11,13-15H,4-8H2. The maximum Gasteiger partial charge on any atom is 0.0897 e. The number of hydrogen-bond acceptors (Lipinski definition) is 5. The zero-order valence-corrected chi connectivity index (χ0v) is 10.5. The van der Waals surface area contributed by atoms with Crippen molar-refractivity contribution in [1.82, 2.24) is 5.32 Å². The summed E-state index contributed by atoms with van der Waals surface area (Å²) < 4.78 is 5.42. The molecule has 0 bridgehead atoms. The highest BCUT2D eigenvalue weighted by atomic mass is 32.1. The van der Waals surface area contributed by atoms with Crippen molar-refractivity contribution < 1.29 is 14.9 Å². The third-order valence-electron chi connectivity index (χ3n) is 2.89. The molecular weight excluding hydrogens is 238 g/mol. The Balaban J connectivity index is 1.50. The van der Waals surface area contributed by atoms with E-state index in [-0.39, 0.29) is 6.10 Å². The first kappa shape index (κ1) is 13.0. The molecule has 0 amide bonds. The van der Waals surface area contributed by atoms with Crippen LogP contribution in [0, 0.1) is 0 Å². The van der Waals surface area contributed by atoms with Crippen LogP contribution in [0.25, 0.3) is 0 Å². The van der Waals surface area contributed by atoms with Gasteiger partial charge in [-0.15, -0.1) is 11.3 Å². The molecule has 1 aliphatic carbocycles. The Morgan fingerprint density at radius 2 is 2.35 bits per heavy atom. The molecule has 0 spiro atoms. The first-order valence-electron chi connectivity index (χ1n) is 5.93. The summed E-state index contributed by atoms with van der Waals surface area (Å²) in [6.45, 7) is 1.44. The second-order valence-electron chi connectivity index (χ2n) is 4.48. The Morgan fingerprint density at radius 1 is 1.53 bits per heavy atom. The second kappa shape index (κ2) is 6.47. The van der Waals surface area contributed by atoms with Crippen LogP contribution in [0.15, 0.2) is 17.5 Å². The van der Waals surface area contributed by atoms with Crippen LogP contribution in [0.1, 0.15) is 17.7 Å². The van der Waals surface area contributed by atoms with Gasteiger partial charge in [0, 0.05) is 17.5 Å². The van der Waals surface area contributed by atoms with Crippen molar-refractivity contribution in [1.29, 1.82) is 0 Å². The first-order chi connectivity index (χ1) is 8.24. The molecule has 4 nitrogen and oxygen atoms in total. The van der Waals surface area contributed by atoms with Gasteiger partial charge in [-0.25, -0.2) is 0 Å². The van der Waals surface area contributed by atoms with Crippen LogP contribution in [-0.2, 0) is 11.3 Å². The van der Waals surface area contributed by atoms with Crippen molar-refractivity contribution in [2.45, 2.75) is 37.7 Å². The smallest absolute Gasteiger partial charge is 0.0897 e. The summed E-state index contributed by atoms with van der Waals surface area (Å²) in [7, 11) is 0. The van der Waals surface area contributed by atoms with Gasteiger partial charge in [0.15, 0.2) is 0 Å². The summed E-state index contributed by atoms with van der Waals surface area (Å²) in [5, 5.41) is 24.0. The minimum Gasteiger partial charge on any atom is -0.393 e. The summed E-state index contributed by atoms with van der Waals surface area (Å²) in [6, 6.07) is 4.37.